The largest absolute Gasteiger partial charge is 0.342 e. The Balaban J connectivity index is 1.55. The molecule has 7 heteroatoms. The quantitative estimate of drug-likeness (QED) is 0.189. The zero-order valence-electron chi connectivity index (χ0n) is 23.4. The minimum Gasteiger partial charge on any atom is -0.342 e. The van der Waals surface area contributed by atoms with Crippen LogP contribution in [-0.4, -0.2) is 47.9 Å². The number of nitrogens with zero attached hydrogens (tertiary/aromatic N) is 3. The topological polar surface area (TPSA) is 75.4 Å². The highest BCUT2D eigenvalue weighted by Crippen LogP contribution is 2.13. The van der Waals surface area contributed by atoms with E-state index in [2.05, 4.69) is 78.0 Å². The summed E-state index contributed by atoms with van der Waals surface area (Å²) in [5.41, 5.74) is 1.09. The minimum atomic E-state index is -0.253. The van der Waals surface area contributed by atoms with Crippen LogP contribution in [-0.2, 0) is 4.79 Å². The summed E-state index contributed by atoms with van der Waals surface area (Å²) in [7, 11) is 1.51. The maximum absolute atomic E-state index is 12.6. The van der Waals surface area contributed by atoms with Crippen molar-refractivity contribution in [1.29, 1.82) is 0 Å². The molecule has 0 spiro atoms. The highest BCUT2D eigenvalue weighted by atomic mass is 16.6. The second-order valence-corrected chi connectivity index (χ2v) is 9.32. The van der Waals surface area contributed by atoms with Crippen molar-refractivity contribution in [2.24, 2.45) is 0 Å². The zero-order chi connectivity index (χ0) is 27.4. The molecular weight excluding hydrogens is 476 g/mol. The van der Waals surface area contributed by atoms with E-state index in [1.807, 2.05) is 11.8 Å². The summed E-state index contributed by atoms with van der Waals surface area (Å²) in [6, 6.07) is -0.0657. The Bertz CT molecular complexity index is 1010. The van der Waals surface area contributed by atoms with Gasteiger partial charge in [-0.1, -0.05) is 67.7 Å². The lowest BCUT2D eigenvalue weighted by Crippen LogP contribution is -2.50. The molecule has 0 aromatic carbocycles. The van der Waals surface area contributed by atoms with E-state index in [-0.39, 0.29) is 17.9 Å². The molecule has 7 nitrogen and oxygen atoms in total. The van der Waals surface area contributed by atoms with Gasteiger partial charge in [0.25, 0.3) is 0 Å². The van der Waals surface area contributed by atoms with Crippen molar-refractivity contribution in [3.63, 3.8) is 0 Å². The van der Waals surface area contributed by atoms with E-state index in [1.54, 1.807) is 6.20 Å². The fourth-order valence-corrected chi connectivity index (χ4v) is 4.06. The van der Waals surface area contributed by atoms with Crippen molar-refractivity contribution in [2.45, 2.75) is 77.7 Å². The van der Waals surface area contributed by atoms with Crippen molar-refractivity contribution < 1.29 is 19.2 Å². The van der Waals surface area contributed by atoms with Crippen LogP contribution in [0.1, 0.15) is 80.9 Å². The maximum atomic E-state index is 12.6. The summed E-state index contributed by atoms with van der Waals surface area (Å²) in [6.07, 6.45) is 33.0. The van der Waals surface area contributed by atoms with Gasteiger partial charge in [-0.25, -0.2) is 4.98 Å². The molecule has 0 saturated carbocycles. The molecule has 1 aromatic rings. The van der Waals surface area contributed by atoms with Crippen LogP contribution < -0.4 is 14.9 Å². The number of carbonyl (C=O) groups excluding carboxylic acids is 2. The molecular formula is C31H45N4O3+. The number of unbranched alkanes of at least 4 members (excludes halogenated alkanes) is 1. The van der Waals surface area contributed by atoms with Gasteiger partial charge in [-0.05, 0) is 58.3 Å². The van der Waals surface area contributed by atoms with Crippen LogP contribution in [0.25, 0.3) is 0 Å². The fraction of sp³-hybridized carbons (Fsp3) is 0.484. The number of allylic oxidation sites excluding steroid dienone is 10. The number of nitrogens with one attached hydrogen (secondary N) is 1. The van der Waals surface area contributed by atoms with Gasteiger partial charge in [-0.15, -0.1) is 0 Å². The summed E-state index contributed by atoms with van der Waals surface area (Å²) in [5.74, 6) is -0.102. The lowest BCUT2D eigenvalue weighted by atomic mass is 10.2. The average molecular weight is 522 g/mol. The van der Waals surface area contributed by atoms with Crippen molar-refractivity contribution in [3.05, 3.63) is 84.5 Å². The highest BCUT2D eigenvalue weighted by molar-refractivity contribution is 5.90. The summed E-state index contributed by atoms with van der Waals surface area (Å²) in [6.45, 7) is 5.19. The van der Waals surface area contributed by atoms with E-state index >= 15 is 0 Å². The first-order chi connectivity index (χ1) is 18.5. The van der Waals surface area contributed by atoms with Crippen LogP contribution >= 0.6 is 0 Å². The minimum absolute atomic E-state index is 0.0657. The molecule has 1 aliphatic heterocycles. The SMILES string of the molecule is CC/C=C\C/C=C\C/C=C\C/C=C\C/C=C\CCCC(=O)N1CC[C@H](NC(=O)c2cnc(C)c[n+]2OC)C1. The molecule has 2 rings (SSSR count). The summed E-state index contributed by atoms with van der Waals surface area (Å²) >= 11 is 0. The third-order valence-electron chi connectivity index (χ3n) is 6.16. The van der Waals surface area contributed by atoms with E-state index in [9.17, 15) is 9.59 Å². The number of likely N-dealkylation sites (tertiary alicyclic amines) is 1. The number of hydrogen-bond donors (Lipinski definition) is 1. The second kappa shape index (κ2) is 18.7. The van der Waals surface area contributed by atoms with Gasteiger partial charge in [0, 0.05) is 30.3 Å². The number of hydrogen-bond acceptors (Lipinski definition) is 4. The van der Waals surface area contributed by atoms with Crippen LogP contribution in [0.5, 0.6) is 0 Å². The standard InChI is InChI=1S/C31H44N4O3/c1-4-5-6-7-8-9-10-11-12-13-14-15-16-17-18-19-20-21-30(36)34-23-22-28(26-34)33-31(37)29-24-32-27(2)25-35(29)38-3/h5-6,8-9,11-12,14-15,17-18,24-25,28H,4,7,10,13,16,19-23,26H2,1-3H3/p+1/b6-5-,9-8-,12-11-,15-14-,18-17-/t28-/m0/s1. The van der Waals surface area contributed by atoms with Crippen molar-refractivity contribution >= 4 is 11.8 Å². The molecule has 0 aliphatic carbocycles. The Kier molecular flexibility index (Phi) is 15.1. The first-order valence-electron chi connectivity index (χ1n) is 13.8. The lowest BCUT2D eigenvalue weighted by Gasteiger charge is -2.16. The molecule has 1 N–H and O–H groups in total. The number of aryl methyl sites for hydroxylation is 1. The molecule has 1 atom stereocenters. The molecule has 2 heterocycles. The molecule has 2 amide bonds. The molecule has 1 fully saturated rings. The predicted molar refractivity (Wildman–Crippen MR) is 152 cm³/mol. The molecule has 0 bridgehead atoms. The second-order valence-electron chi connectivity index (χ2n) is 9.32. The van der Waals surface area contributed by atoms with E-state index in [0.717, 1.165) is 57.1 Å². The Hall–Kier alpha value is -3.48. The van der Waals surface area contributed by atoms with E-state index in [4.69, 9.17) is 4.84 Å². The Morgan fingerprint density at radius 2 is 1.63 bits per heavy atom. The predicted octanol–water partition coefficient (Wildman–Crippen LogP) is 4.99. The van der Waals surface area contributed by atoms with Crippen LogP contribution in [0.2, 0.25) is 0 Å². The molecule has 0 unspecified atom stereocenters. The summed E-state index contributed by atoms with van der Waals surface area (Å²) < 4.78 is 1.41. The van der Waals surface area contributed by atoms with Crippen LogP contribution in [0, 0.1) is 6.92 Å². The summed E-state index contributed by atoms with van der Waals surface area (Å²) in [5, 5.41) is 3.00. The normalized spacial score (nSPS) is 16.2. The first-order valence-corrected chi connectivity index (χ1v) is 13.8. The van der Waals surface area contributed by atoms with Gasteiger partial charge in [-0.3, -0.25) is 14.4 Å². The Labute approximate surface area is 228 Å². The fourth-order valence-electron chi connectivity index (χ4n) is 4.06. The third-order valence-corrected chi connectivity index (χ3v) is 6.16. The highest BCUT2D eigenvalue weighted by Gasteiger charge is 2.30. The monoisotopic (exact) mass is 521 g/mol. The number of aromatic nitrogens is 2. The van der Waals surface area contributed by atoms with Gasteiger partial charge in [0.1, 0.15) is 19.0 Å². The number of carbonyl (C=O) groups is 2. The Morgan fingerprint density at radius 3 is 2.24 bits per heavy atom. The zero-order valence-corrected chi connectivity index (χ0v) is 23.4. The van der Waals surface area contributed by atoms with Gasteiger partial charge < -0.3 is 10.2 Å². The maximum Gasteiger partial charge on any atom is 0.339 e. The van der Waals surface area contributed by atoms with Crippen molar-refractivity contribution in [3.8, 4) is 0 Å². The molecule has 206 valence electrons. The van der Waals surface area contributed by atoms with Gasteiger partial charge in [-0.2, -0.15) is 0 Å². The number of amides is 2. The number of rotatable bonds is 16. The third kappa shape index (κ3) is 12.2. The molecule has 1 aromatic heterocycles. The average Bonchev–Trinajstić information content (AvgIpc) is 3.38. The van der Waals surface area contributed by atoms with Crippen LogP contribution in [0.4, 0.5) is 0 Å². The van der Waals surface area contributed by atoms with Crippen LogP contribution in [0.15, 0.2) is 73.2 Å². The van der Waals surface area contributed by atoms with Crippen LogP contribution in [0.3, 0.4) is 0 Å². The molecule has 38 heavy (non-hydrogen) atoms. The van der Waals surface area contributed by atoms with Gasteiger partial charge in [0.05, 0.1) is 0 Å². The van der Waals surface area contributed by atoms with E-state index in [0.29, 0.717) is 25.2 Å². The Morgan fingerprint density at radius 1 is 1.03 bits per heavy atom. The lowest BCUT2D eigenvalue weighted by molar-refractivity contribution is -0.887. The first kappa shape index (κ1) is 30.7. The molecule has 1 aliphatic rings. The molecule has 0 radical (unpaired) electrons. The van der Waals surface area contributed by atoms with E-state index in [1.165, 1.54) is 18.0 Å². The summed E-state index contributed by atoms with van der Waals surface area (Å²) in [4.78, 5) is 36.5. The van der Waals surface area contributed by atoms with E-state index < -0.39 is 0 Å². The smallest absolute Gasteiger partial charge is 0.339 e. The van der Waals surface area contributed by atoms with Gasteiger partial charge >= 0.3 is 11.6 Å². The van der Waals surface area contributed by atoms with Gasteiger partial charge in [0.2, 0.25) is 12.1 Å². The molecule has 1 saturated heterocycles. The van der Waals surface area contributed by atoms with Gasteiger partial charge in [0.15, 0.2) is 0 Å². The van der Waals surface area contributed by atoms with Crippen molar-refractivity contribution in [1.82, 2.24) is 15.2 Å². The van der Waals surface area contributed by atoms with Crippen molar-refractivity contribution in [2.75, 3.05) is 20.2 Å².